The number of pyridine rings is 2. The summed E-state index contributed by atoms with van der Waals surface area (Å²) in [5.41, 5.74) is 7.64. The number of ether oxygens (including phenoxy) is 15. The van der Waals surface area contributed by atoms with Crippen molar-refractivity contribution in [1.29, 1.82) is 0 Å². The number of benzene rings is 2. The highest BCUT2D eigenvalue weighted by molar-refractivity contribution is 6.13. The molecule has 4 aliphatic heterocycles. The Morgan fingerprint density at radius 2 is 1.14 bits per heavy atom. The highest BCUT2D eigenvalue weighted by atomic mass is 16.6. The van der Waals surface area contributed by atoms with Crippen LogP contribution in [0.15, 0.2) is 59.4 Å². The summed E-state index contributed by atoms with van der Waals surface area (Å²) in [5.74, 6) is -5.07. The fourth-order valence-electron chi connectivity index (χ4n) is 12.9. The number of amides is 10. The van der Waals surface area contributed by atoms with Gasteiger partial charge in [-0.1, -0.05) is 32.9 Å². The number of aromatic nitrogens is 2. The fraction of sp³-hybridized carbons (Fsp3) is 0.605. The van der Waals surface area contributed by atoms with Crippen molar-refractivity contribution < 1.29 is 124 Å². The molecule has 2 aromatic heterocycles. The van der Waals surface area contributed by atoms with Gasteiger partial charge in [-0.05, 0) is 85.4 Å². The zero-order valence-electron chi connectivity index (χ0n) is 68.3. The van der Waals surface area contributed by atoms with Crippen LogP contribution >= 0.6 is 0 Å². The largest absolute Gasteiger partial charge is 0.493 e. The van der Waals surface area contributed by atoms with Gasteiger partial charge >= 0.3 is 18.1 Å². The third kappa shape index (κ3) is 31.1. The minimum absolute atomic E-state index is 0.00897. The fourth-order valence-corrected chi connectivity index (χ4v) is 12.9. The van der Waals surface area contributed by atoms with Crippen LogP contribution in [-0.4, -0.2) is 282 Å². The molecule has 10 N–H and O–H groups in total. The Balaban J connectivity index is 0.707. The van der Waals surface area contributed by atoms with Gasteiger partial charge in [-0.3, -0.25) is 43.3 Å². The number of methoxy groups -OCH3 is 1. The van der Waals surface area contributed by atoms with Crippen molar-refractivity contribution in [3.63, 3.8) is 0 Å². The van der Waals surface area contributed by atoms with E-state index in [9.17, 15) is 57.8 Å². The summed E-state index contributed by atoms with van der Waals surface area (Å²) < 4.78 is 83.7. The van der Waals surface area contributed by atoms with E-state index in [4.69, 9.17) is 81.8 Å². The second kappa shape index (κ2) is 51.7. The molecule has 10 amide bonds. The zero-order valence-corrected chi connectivity index (χ0v) is 68.3. The molecule has 4 aromatic rings. The number of alkyl carbamates (subject to hydrolysis) is 1. The molecule has 38 nitrogen and oxygen atoms in total. The Kier molecular flexibility index (Phi) is 41.2. The molecule has 0 unspecified atom stereocenters. The topological polar surface area (TPSA) is 478 Å². The Hall–Kier alpha value is -9.68. The van der Waals surface area contributed by atoms with Gasteiger partial charge in [0.25, 0.3) is 17.4 Å². The van der Waals surface area contributed by atoms with E-state index in [1.54, 1.807) is 58.2 Å². The first-order chi connectivity index (χ1) is 57.7. The SMILES string of the molecule is CC[C@@]1(O)C(=O)OCc2c1cc1n(c2=O)Cc2c-1nc1cc3c(cc1c2CNC(=O)OCc1ccc(NC(=O)[C@H](CCCNC(N)=O)NC(=O)[C@@H](NC(=O)[C@H](CCCCNC(=O)CCOCCOCCOCCOCCOCCOCCOCCOCCOCCOCCOCCOC)NC(=O)CCN2C(=O)C=CC2=O)C(C)C)cc1)CCO3. The molecule has 0 radical (unpaired) electrons. The van der Waals surface area contributed by atoms with Gasteiger partial charge in [0, 0.05) is 93.0 Å². The van der Waals surface area contributed by atoms with Crippen molar-refractivity contribution in [3.05, 3.63) is 98.4 Å². The number of carbonyl (C=O) groups is 10. The third-order valence-corrected chi connectivity index (χ3v) is 19.4. The number of aliphatic hydroxyl groups is 1. The molecule has 4 atom stereocenters. The van der Waals surface area contributed by atoms with Crippen LogP contribution in [0, 0.1) is 5.92 Å². The van der Waals surface area contributed by atoms with Crippen LogP contribution in [0.1, 0.15) is 106 Å². The number of anilines is 1. The molecule has 38 heteroatoms. The molecule has 2 aromatic carbocycles. The molecule has 0 saturated heterocycles. The summed E-state index contributed by atoms with van der Waals surface area (Å²) in [7, 11) is 1.63. The quantitative estimate of drug-likeness (QED) is 0.0152. The van der Waals surface area contributed by atoms with Gasteiger partial charge in [0.05, 0.1) is 188 Å². The second-order valence-electron chi connectivity index (χ2n) is 28.3. The first-order valence-corrected chi connectivity index (χ1v) is 40.4. The molecular formula is C81H115N11O27. The zero-order chi connectivity index (χ0) is 85.2. The Morgan fingerprint density at radius 3 is 1.70 bits per heavy atom. The first-order valence-electron chi connectivity index (χ1n) is 40.4. The maximum Gasteiger partial charge on any atom is 0.407 e. The van der Waals surface area contributed by atoms with Gasteiger partial charge in [0.2, 0.25) is 29.5 Å². The molecule has 4 aliphatic rings. The van der Waals surface area contributed by atoms with Gasteiger partial charge in [-0.2, -0.15) is 0 Å². The van der Waals surface area contributed by atoms with Crippen molar-refractivity contribution in [2.45, 2.75) is 129 Å². The number of nitrogens with two attached hydrogens (primary N) is 1. The van der Waals surface area contributed by atoms with Gasteiger partial charge in [0.15, 0.2) is 5.60 Å². The molecule has 0 fully saturated rings. The summed E-state index contributed by atoms with van der Waals surface area (Å²) >= 11 is 0. The molecule has 6 heterocycles. The van der Waals surface area contributed by atoms with Gasteiger partial charge in [-0.25, -0.2) is 19.4 Å². The maximum absolute atomic E-state index is 14.3. The van der Waals surface area contributed by atoms with Crippen molar-refractivity contribution in [1.82, 2.24) is 46.4 Å². The van der Waals surface area contributed by atoms with Gasteiger partial charge in [0.1, 0.15) is 37.1 Å². The van der Waals surface area contributed by atoms with E-state index >= 15 is 0 Å². The molecule has 0 bridgehead atoms. The van der Waals surface area contributed by atoms with Gasteiger partial charge < -0.3 is 124 Å². The number of urea groups is 1. The van der Waals surface area contributed by atoms with Crippen molar-refractivity contribution in [3.8, 4) is 17.1 Å². The summed E-state index contributed by atoms with van der Waals surface area (Å²) in [6, 6.07) is 7.20. The number of hydrogen-bond donors (Lipinski definition) is 9. The average Bonchev–Trinajstić information content (AvgIpc) is 1.59. The van der Waals surface area contributed by atoms with E-state index in [0.717, 1.165) is 28.0 Å². The van der Waals surface area contributed by atoms with E-state index in [-0.39, 0.29) is 121 Å². The highest BCUT2D eigenvalue weighted by Gasteiger charge is 2.46. The van der Waals surface area contributed by atoms with Crippen LogP contribution < -0.4 is 53.2 Å². The number of nitrogens with zero attached hydrogens (tertiary/aromatic N) is 3. The standard InChI is InChI=1S/C81H115N11O27/c1-5-81(104)62-48-66-73-60(51-92(66)77(100)61(62)53-118-78(81)101)59(58-47-56-18-24-117-67(56)49-65(58)88-73)50-85-80(103)119-52-55-11-13-57(14-12-55)86-74(97)64(10-8-21-84-79(82)102)89-76(99)72(54(2)3)90-75(98)63(87-69(94)17-22-91-70(95)15-16-71(91)96)9-6-7-20-83-68(93)19-23-106-27-28-108-31-32-110-35-36-112-39-40-114-43-44-116-46-45-115-42-41-113-38-37-111-34-33-109-30-29-107-26-25-105-4/h11-16,47-49,54,63-64,72,104H,5-10,17-46,50-53H2,1-4H3,(H,83,93)(H,85,103)(H,86,97)(H,87,94)(H,89,99)(H,90,98)(H3,82,84,102)/t63-,64-,72-,81-/m0/s1. The predicted octanol–water partition coefficient (Wildman–Crippen LogP) is 1.76. The lowest BCUT2D eigenvalue weighted by Crippen LogP contribution is -2.58. The van der Waals surface area contributed by atoms with Crippen LogP contribution in [0.25, 0.3) is 22.3 Å². The number of rotatable bonds is 61. The first kappa shape index (κ1) is 94.8. The van der Waals surface area contributed by atoms with Crippen LogP contribution in [-0.2, 0) is 143 Å². The van der Waals surface area contributed by atoms with E-state index < -0.39 is 88.7 Å². The van der Waals surface area contributed by atoms with Crippen LogP contribution in [0.2, 0.25) is 0 Å². The molecule has 119 heavy (non-hydrogen) atoms. The number of cyclic esters (lactones) is 1. The third-order valence-electron chi connectivity index (χ3n) is 19.4. The number of esters is 1. The Labute approximate surface area is 690 Å². The van der Waals surface area contributed by atoms with Crippen LogP contribution in [0.4, 0.5) is 15.3 Å². The molecule has 0 aliphatic carbocycles. The Morgan fingerprint density at radius 1 is 0.597 bits per heavy atom. The van der Waals surface area contributed by atoms with Gasteiger partial charge in [-0.15, -0.1) is 0 Å². The molecule has 0 spiro atoms. The minimum atomic E-state index is -2.03. The summed E-state index contributed by atoms with van der Waals surface area (Å²) in [5, 5.41) is 31.3. The van der Waals surface area contributed by atoms with E-state index in [2.05, 4.69) is 37.2 Å². The maximum atomic E-state index is 14.3. The molecular weight excluding hydrogens is 1560 g/mol. The van der Waals surface area contributed by atoms with Crippen molar-refractivity contribution >= 4 is 76.0 Å². The number of primary amides is 1. The monoisotopic (exact) mass is 1670 g/mol. The number of nitrogens with one attached hydrogen (secondary N) is 7. The molecule has 8 rings (SSSR count). The smallest absolute Gasteiger partial charge is 0.407 e. The van der Waals surface area contributed by atoms with Crippen molar-refractivity contribution in [2.24, 2.45) is 11.7 Å². The highest BCUT2D eigenvalue weighted by Crippen LogP contribution is 2.42. The normalized spacial score (nSPS) is 15.2. The number of fused-ring (bicyclic) bond motifs is 6. The summed E-state index contributed by atoms with van der Waals surface area (Å²) in [6.45, 7) is 14.7. The molecule has 0 saturated carbocycles. The number of carbonyl (C=O) groups excluding carboxylic acids is 10. The predicted molar refractivity (Wildman–Crippen MR) is 426 cm³/mol. The van der Waals surface area contributed by atoms with E-state index in [1.165, 1.54) is 4.57 Å². The average molecular weight is 1670 g/mol. The lowest BCUT2D eigenvalue weighted by atomic mass is 9.86. The lowest BCUT2D eigenvalue weighted by Gasteiger charge is -2.31. The molecule has 656 valence electrons. The summed E-state index contributed by atoms with van der Waals surface area (Å²) in [4.78, 5) is 151. The lowest BCUT2D eigenvalue weighted by molar-refractivity contribution is -0.172. The van der Waals surface area contributed by atoms with Crippen LogP contribution in [0.3, 0.4) is 0 Å². The number of unbranched alkanes of at least 4 members (excludes halogenated alkanes) is 1. The number of imide groups is 1. The summed E-state index contributed by atoms with van der Waals surface area (Å²) in [6.07, 6.45) is 2.63. The van der Waals surface area contributed by atoms with E-state index in [0.29, 0.717) is 203 Å². The number of hydrogen-bond acceptors (Lipinski definition) is 28. The minimum Gasteiger partial charge on any atom is -0.493 e. The van der Waals surface area contributed by atoms with Crippen LogP contribution in [0.5, 0.6) is 5.75 Å². The Bertz CT molecular complexity index is 4050. The second-order valence-corrected chi connectivity index (χ2v) is 28.3. The van der Waals surface area contributed by atoms with E-state index in [1.807, 2.05) is 12.1 Å². The van der Waals surface area contributed by atoms with Crippen molar-refractivity contribution in [2.75, 3.05) is 191 Å².